The molecule has 0 aliphatic heterocycles. The summed E-state index contributed by atoms with van der Waals surface area (Å²) in [4.78, 5) is 0. The van der Waals surface area contributed by atoms with Crippen LogP contribution in [0.4, 0.5) is 0 Å². The van der Waals surface area contributed by atoms with E-state index < -0.39 is 0 Å². The normalized spacial score (nSPS) is 10.5. The molecule has 0 aromatic heterocycles. The van der Waals surface area contributed by atoms with Crippen LogP contribution in [0, 0.1) is 13.8 Å². The zero-order valence-electron chi connectivity index (χ0n) is 12.4. The topological polar surface area (TPSA) is 44.5 Å². The van der Waals surface area contributed by atoms with Gasteiger partial charge in [0.15, 0.2) is 0 Å². The Hall–Kier alpha value is -1.52. The molecule has 2 N–H and O–H groups in total. The van der Waals surface area contributed by atoms with Gasteiger partial charge in [0.1, 0.15) is 24.7 Å². The molecule has 3 nitrogen and oxygen atoms in total. The van der Waals surface area contributed by atoms with Crippen molar-refractivity contribution in [2.45, 2.75) is 20.4 Å². The minimum atomic E-state index is 0.510. The Balaban J connectivity index is 1.81. The number of hydrogen-bond donors (Lipinski definition) is 1. The van der Waals surface area contributed by atoms with Gasteiger partial charge in [-0.25, -0.2) is 0 Å². The summed E-state index contributed by atoms with van der Waals surface area (Å²) >= 11 is 3.55. The van der Waals surface area contributed by atoms with E-state index >= 15 is 0 Å². The monoisotopic (exact) mass is 349 g/mol. The number of aryl methyl sites for hydroxylation is 2. The lowest BCUT2D eigenvalue weighted by atomic mass is 10.1. The number of ether oxygens (including phenoxy) is 2. The second-order valence-corrected chi connectivity index (χ2v) is 5.71. The Kier molecular flexibility index (Phi) is 5.65. The van der Waals surface area contributed by atoms with Gasteiger partial charge < -0.3 is 15.2 Å². The Morgan fingerprint density at radius 2 is 1.43 bits per heavy atom. The summed E-state index contributed by atoms with van der Waals surface area (Å²) in [6.45, 7) is 5.68. The van der Waals surface area contributed by atoms with Gasteiger partial charge in [0.25, 0.3) is 0 Å². The van der Waals surface area contributed by atoms with Crippen molar-refractivity contribution in [2.75, 3.05) is 13.2 Å². The van der Waals surface area contributed by atoms with Gasteiger partial charge in [-0.3, -0.25) is 0 Å². The summed E-state index contributed by atoms with van der Waals surface area (Å²) in [5.74, 6) is 1.70. The van der Waals surface area contributed by atoms with Gasteiger partial charge in [0.05, 0.1) is 0 Å². The standard InChI is InChI=1S/C17H20BrNO2/c1-12-9-16(10-13(2)17(12)18)21-8-7-20-15-5-3-14(11-19)4-6-15/h3-6,9-10H,7-8,11,19H2,1-2H3. The molecule has 2 rings (SSSR count). The highest BCUT2D eigenvalue weighted by Crippen LogP contribution is 2.26. The van der Waals surface area contributed by atoms with Crippen LogP contribution in [0.25, 0.3) is 0 Å². The molecule has 21 heavy (non-hydrogen) atoms. The smallest absolute Gasteiger partial charge is 0.122 e. The maximum atomic E-state index is 5.72. The fourth-order valence-corrected chi connectivity index (χ4v) is 2.26. The van der Waals surface area contributed by atoms with Crippen LogP contribution in [-0.2, 0) is 6.54 Å². The fraction of sp³-hybridized carbons (Fsp3) is 0.294. The van der Waals surface area contributed by atoms with Gasteiger partial charge >= 0.3 is 0 Å². The molecule has 0 aliphatic rings. The second-order valence-electron chi connectivity index (χ2n) is 4.92. The van der Waals surface area contributed by atoms with E-state index in [1.807, 2.05) is 36.4 Å². The number of hydrogen-bond acceptors (Lipinski definition) is 3. The largest absolute Gasteiger partial charge is 0.490 e. The van der Waals surface area contributed by atoms with E-state index in [9.17, 15) is 0 Å². The lowest BCUT2D eigenvalue weighted by molar-refractivity contribution is 0.217. The van der Waals surface area contributed by atoms with Crippen LogP contribution >= 0.6 is 15.9 Å². The minimum Gasteiger partial charge on any atom is -0.490 e. The molecule has 0 bridgehead atoms. The first-order chi connectivity index (χ1) is 10.1. The van der Waals surface area contributed by atoms with Crippen LogP contribution in [0.15, 0.2) is 40.9 Å². The van der Waals surface area contributed by atoms with Gasteiger partial charge in [-0.15, -0.1) is 0 Å². The summed E-state index contributed by atoms with van der Waals surface area (Å²) < 4.78 is 12.5. The molecule has 0 saturated carbocycles. The van der Waals surface area contributed by atoms with Crippen molar-refractivity contribution in [3.8, 4) is 11.5 Å². The molecule has 0 atom stereocenters. The van der Waals surface area contributed by atoms with Crippen molar-refractivity contribution in [3.63, 3.8) is 0 Å². The molecule has 0 unspecified atom stereocenters. The molecule has 0 amide bonds. The first-order valence-electron chi connectivity index (χ1n) is 6.91. The lowest BCUT2D eigenvalue weighted by Gasteiger charge is -2.11. The molecule has 0 radical (unpaired) electrons. The molecule has 0 aliphatic carbocycles. The third-order valence-electron chi connectivity index (χ3n) is 3.19. The van der Waals surface area contributed by atoms with Crippen LogP contribution in [0.2, 0.25) is 0 Å². The van der Waals surface area contributed by atoms with Gasteiger partial charge in [-0.1, -0.05) is 28.1 Å². The van der Waals surface area contributed by atoms with Crippen molar-refractivity contribution in [1.29, 1.82) is 0 Å². The van der Waals surface area contributed by atoms with Crippen LogP contribution in [0.3, 0.4) is 0 Å². The molecule has 0 fully saturated rings. The molecule has 112 valence electrons. The summed E-state index contributed by atoms with van der Waals surface area (Å²) in [5, 5.41) is 0. The molecule has 0 saturated heterocycles. The fourth-order valence-electron chi connectivity index (χ4n) is 2.03. The predicted octanol–water partition coefficient (Wildman–Crippen LogP) is 3.98. The number of rotatable bonds is 6. The maximum Gasteiger partial charge on any atom is 0.122 e. The lowest BCUT2D eigenvalue weighted by Crippen LogP contribution is -2.09. The van der Waals surface area contributed by atoms with Crippen molar-refractivity contribution in [1.82, 2.24) is 0 Å². The highest BCUT2D eigenvalue weighted by atomic mass is 79.9. The molecule has 0 spiro atoms. The Morgan fingerprint density at radius 3 is 1.95 bits per heavy atom. The molecule has 2 aromatic rings. The molecular weight excluding hydrogens is 330 g/mol. The number of halogens is 1. The van der Waals surface area contributed by atoms with E-state index in [0.29, 0.717) is 19.8 Å². The SMILES string of the molecule is Cc1cc(OCCOc2ccc(CN)cc2)cc(C)c1Br. The Labute approximate surface area is 134 Å². The number of nitrogens with two attached hydrogens (primary N) is 1. The zero-order chi connectivity index (χ0) is 15.2. The third-order valence-corrected chi connectivity index (χ3v) is 4.44. The number of benzene rings is 2. The van der Waals surface area contributed by atoms with Crippen molar-refractivity contribution in [2.24, 2.45) is 5.73 Å². The first kappa shape index (κ1) is 15.9. The quantitative estimate of drug-likeness (QED) is 0.802. The van der Waals surface area contributed by atoms with E-state index in [1.165, 1.54) is 11.1 Å². The molecule has 0 heterocycles. The summed E-state index contributed by atoms with van der Waals surface area (Å²) in [6, 6.07) is 11.8. The Morgan fingerprint density at radius 1 is 0.905 bits per heavy atom. The average molecular weight is 350 g/mol. The van der Waals surface area contributed by atoms with E-state index in [1.54, 1.807) is 0 Å². The second kappa shape index (κ2) is 7.48. The Bertz CT molecular complexity index is 573. The van der Waals surface area contributed by atoms with Crippen LogP contribution in [0.1, 0.15) is 16.7 Å². The van der Waals surface area contributed by atoms with Crippen LogP contribution < -0.4 is 15.2 Å². The van der Waals surface area contributed by atoms with Crippen molar-refractivity contribution in [3.05, 3.63) is 57.6 Å². The van der Waals surface area contributed by atoms with Crippen molar-refractivity contribution < 1.29 is 9.47 Å². The van der Waals surface area contributed by atoms with Gasteiger partial charge in [-0.05, 0) is 54.8 Å². The average Bonchev–Trinajstić information content (AvgIpc) is 2.49. The zero-order valence-corrected chi connectivity index (χ0v) is 13.9. The minimum absolute atomic E-state index is 0.510. The van der Waals surface area contributed by atoms with Crippen LogP contribution in [-0.4, -0.2) is 13.2 Å². The van der Waals surface area contributed by atoms with E-state index in [4.69, 9.17) is 15.2 Å². The van der Waals surface area contributed by atoms with Crippen LogP contribution in [0.5, 0.6) is 11.5 Å². The van der Waals surface area contributed by atoms with Crippen molar-refractivity contribution >= 4 is 15.9 Å². The van der Waals surface area contributed by atoms with E-state index in [2.05, 4.69) is 29.8 Å². The highest BCUT2D eigenvalue weighted by Gasteiger charge is 2.03. The maximum absolute atomic E-state index is 5.72. The summed E-state index contributed by atoms with van der Waals surface area (Å²) in [6.07, 6.45) is 0. The third kappa shape index (κ3) is 4.48. The van der Waals surface area contributed by atoms with Gasteiger partial charge in [-0.2, -0.15) is 0 Å². The first-order valence-corrected chi connectivity index (χ1v) is 7.71. The molecular formula is C17H20BrNO2. The summed E-state index contributed by atoms with van der Waals surface area (Å²) in [7, 11) is 0. The highest BCUT2D eigenvalue weighted by molar-refractivity contribution is 9.10. The van der Waals surface area contributed by atoms with E-state index in [-0.39, 0.29) is 0 Å². The predicted molar refractivity (Wildman–Crippen MR) is 88.9 cm³/mol. The van der Waals surface area contributed by atoms with E-state index in [0.717, 1.165) is 21.5 Å². The van der Waals surface area contributed by atoms with Gasteiger partial charge in [0, 0.05) is 11.0 Å². The molecule has 2 aromatic carbocycles. The molecule has 4 heteroatoms. The summed E-state index contributed by atoms with van der Waals surface area (Å²) in [5.41, 5.74) is 8.99. The van der Waals surface area contributed by atoms with Gasteiger partial charge in [0.2, 0.25) is 0 Å².